The smallest absolute Gasteiger partial charge is 0.241 e. The fraction of sp³-hybridized carbons (Fsp3) is 0.192. The number of fused-ring (bicyclic) bond motifs is 1. The maximum Gasteiger partial charge on any atom is 0.241 e. The highest BCUT2D eigenvalue weighted by Crippen LogP contribution is 2.30. The number of aromatic nitrogens is 1. The van der Waals surface area contributed by atoms with Crippen LogP contribution in [0.15, 0.2) is 77.7 Å². The number of nitrogens with two attached hydrogens (primary N) is 1. The maximum absolute atomic E-state index is 13.5. The van der Waals surface area contributed by atoms with Gasteiger partial charge in [-0.15, -0.1) is 11.3 Å². The monoisotopic (exact) mass is 534 g/mol. The first-order valence-electron chi connectivity index (χ1n) is 11.7. The molecule has 11 heteroatoms. The molecule has 4 aromatic rings. The minimum Gasteiger partial charge on any atom is -0.384 e. The zero-order valence-corrected chi connectivity index (χ0v) is 21.4. The summed E-state index contributed by atoms with van der Waals surface area (Å²) in [7, 11) is -3.98. The Hall–Kier alpha value is -3.64. The minimum absolute atomic E-state index is 0.0423. The van der Waals surface area contributed by atoms with Gasteiger partial charge in [0, 0.05) is 24.3 Å². The molecular formula is C26H26N6O3S2. The van der Waals surface area contributed by atoms with Crippen LogP contribution in [-0.4, -0.2) is 38.2 Å². The highest BCUT2D eigenvalue weighted by atomic mass is 32.2. The van der Waals surface area contributed by atoms with E-state index in [0.29, 0.717) is 35.8 Å². The van der Waals surface area contributed by atoms with Gasteiger partial charge in [0.1, 0.15) is 10.8 Å². The van der Waals surface area contributed by atoms with E-state index < -0.39 is 16.1 Å². The standard InChI is InChI=1S/C26H26N6O3S2/c27-24(28)17-6-3-5-16(11-17)12-22(26-31-21-9-1-2-10-23(21)36-26)32-37(34,35)20-8-4-7-19(13-20)30-25(33)18-14-29-15-18/h1-11,13,18,22,29,32H,12,14-15H2,(H3,27,28)(H,30,33). The van der Waals surface area contributed by atoms with Crippen LogP contribution in [0.25, 0.3) is 10.2 Å². The molecule has 1 amide bonds. The molecule has 1 fully saturated rings. The van der Waals surface area contributed by atoms with E-state index in [0.717, 1.165) is 15.8 Å². The summed E-state index contributed by atoms with van der Waals surface area (Å²) >= 11 is 1.43. The lowest BCUT2D eigenvalue weighted by atomic mass is 10.0. The predicted octanol–water partition coefficient (Wildman–Crippen LogP) is 3.00. The lowest BCUT2D eigenvalue weighted by Gasteiger charge is -2.25. The summed E-state index contributed by atoms with van der Waals surface area (Å²) in [6, 6.07) is 20.4. The van der Waals surface area contributed by atoms with Gasteiger partial charge in [-0.05, 0) is 48.4 Å². The summed E-state index contributed by atoms with van der Waals surface area (Å²) < 4.78 is 30.8. The van der Waals surface area contributed by atoms with E-state index in [4.69, 9.17) is 16.1 Å². The molecule has 0 radical (unpaired) electrons. The number of amidine groups is 1. The lowest BCUT2D eigenvalue weighted by molar-refractivity contribution is -0.121. The average Bonchev–Trinajstić information content (AvgIpc) is 3.27. The predicted molar refractivity (Wildman–Crippen MR) is 145 cm³/mol. The van der Waals surface area contributed by atoms with E-state index in [-0.39, 0.29) is 22.6 Å². The van der Waals surface area contributed by atoms with Gasteiger partial charge in [0.15, 0.2) is 0 Å². The van der Waals surface area contributed by atoms with Crippen LogP contribution in [0.3, 0.4) is 0 Å². The molecule has 1 aliphatic rings. The third-order valence-electron chi connectivity index (χ3n) is 6.15. The third-order valence-corrected chi connectivity index (χ3v) is 8.77. The van der Waals surface area contributed by atoms with Crippen molar-refractivity contribution in [2.75, 3.05) is 18.4 Å². The summed E-state index contributed by atoms with van der Waals surface area (Å²) in [5, 5.41) is 14.2. The number of nitrogen functional groups attached to an aromatic ring is 1. The van der Waals surface area contributed by atoms with E-state index in [1.54, 1.807) is 30.3 Å². The Bertz CT molecular complexity index is 1550. The number of nitrogens with zero attached hydrogens (tertiary/aromatic N) is 1. The number of thiazole rings is 1. The Morgan fingerprint density at radius 2 is 1.89 bits per heavy atom. The Kier molecular flexibility index (Phi) is 7.02. The number of hydrogen-bond donors (Lipinski definition) is 5. The van der Waals surface area contributed by atoms with Crippen molar-refractivity contribution in [3.63, 3.8) is 0 Å². The Morgan fingerprint density at radius 3 is 2.62 bits per heavy atom. The number of amides is 1. The first-order chi connectivity index (χ1) is 17.8. The molecule has 0 bridgehead atoms. The van der Waals surface area contributed by atoms with Crippen molar-refractivity contribution in [2.45, 2.75) is 17.4 Å². The second-order valence-electron chi connectivity index (χ2n) is 8.88. The number of rotatable bonds is 9. The molecule has 2 heterocycles. The molecule has 1 unspecified atom stereocenters. The van der Waals surface area contributed by atoms with E-state index >= 15 is 0 Å². The number of anilines is 1. The molecule has 3 aromatic carbocycles. The SMILES string of the molecule is N=C(N)c1cccc(CC(NS(=O)(=O)c2cccc(NC(=O)C3CNC3)c2)c2nc3ccccc3s2)c1. The molecule has 37 heavy (non-hydrogen) atoms. The van der Waals surface area contributed by atoms with Crippen LogP contribution in [0.5, 0.6) is 0 Å². The van der Waals surface area contributed by atoms with Crippen molar-refractivity contribution in [3.8, 4) is 0 Å². The van der Waals surface area contributed by atoms with Crippen molar-refractivity contribution < 1.29 is 13.2 Å². The third kappa shape index (κ3) is 5.70. The fourth-order valence-electron chi connectivity index (χ4n) is 4.03. The molecule has 1 atom stereocenters. The quantitative estimate of drug-likeness (QED) is 0.165. The van der Waals surface area contributed by atoms with Crippen LogP contribution in [-0.2, 0) is 21.2 Å². The van der Waals surface area contributed by atoms with Crippen LogP contribution in [0.1, 0.15) is 22.2 Å². The second kappa shape index (κ2) is 10.4. The van der Waals surface area contributed by atoms with Gasteiger partial charge in [0.2, 0.25) is 15.9 Å². The molecule has 1 aromatic heterocycles. The zero-order valence-electron chi connectivity index (χ0n) is 19.8. The largest absolute Gasteiger partial charge is 0.384 e. The maximum atomic E-state index is 13.5. The normalized spacial score (nSPS) is 14.7. The van der Waals surface area contributed by atoms with E-state index in [9.17, 15) is 13.2 Å². The van der Waals surface area contributed by atoms with Crippen molar-refractivity contribution in [1.82, 2.24) is 15.0 Å². The van der Waals surface area contributed by atoms with Crippen LogP contribution in [0.2, 0.25) is 0 Å². The minimum atomic E-state index is -3.98. The van der Waals surface area contributed by atoms with Gasteiger partial charge < -0.3 is 16.4 Å². The summed E-state index contributed by atoms with van der Waals surface area (Å²) in [5.74, 6) is -0.318. The first-order valence-corrected chi connectivity index (χ1v) is 14.0. The molecule has 1 saturated heterocycles. The van der Waals surface area contributed by atoms with Gasteiger partial charge in [0.05, 0.1) is 27.1 Å². The summed E-state index contributed by atoms with van der Waals surface area (Å²) in [5.41, 5.74) is 8.25. The molecule has 0 aliphatic carbocycles. The highest BCUT2D eigenvalue weighted by molar-refractivity contribution is 7.89. The number of para-hydroxylation sites is 1. The number of sulfonamides is 1. The lowest BCUT2D eigenvalue weighted by Crippen LogP contribution is -2.48. The van der Waals surface area contributed by atoms with Gasteiger partial charge in [-0.1, -0.05) is 36.4 Å². The van der Waals surface area contributed by atoms with Crippen LogP contribution in [0, 0.1) is 11.3 Å². The molecule has 1 aliphatic heterocycles. The fourth-order valence-corrected chi connectivity index (χ4v) is 6.37. The number of benzene rings is 3. The highest BCUT2D eigenvalue weighted by Gasteiger charge is 2.27. The Morgan fingerprint density at radius 1 is 1.11 bits per heavy atom. The number of carbonyl (C=O) groups excluding carboxylic acids is 1. The summed E-state index contributed by atoms with van der Waals surface area (Å²) in [4.78, 5) is 17.1. The number of carbonyl (C=O) groups is 1. The van der Waals surface area contributed by atoms with E-state index in [1.807, 2.05) is 30.3 Å². The van der Waals surface area contributed by atoms with E-state index in [1.165, 1.54) is 23.5 Å². The topological polar surface area (TPSA) is 150 Å². The number of nitrogens with one attached hydrogen (secondary N) is 4. The van der Waals surface area contributed by atoms with Gasteiger partial charge >= 0.3 is 0 Å². The molecule has 0 saturated carbocycles. The molecule has 6 N–H and O–H groups in total. The first kappa shape index (κ1) is 25.0. The van der Waals surface area contributed by atoms with Crippen molar-refractivity contribution in [2.24, 2.45) is 11.7 Å². The number of hydrogen-bond acceptors (Lipinski definition) is 7. The zero-order chi connectivity index (χ0) is 26.0. The molecule has 5 rings (SSSR count). The van der Waals surface area contributed by atoms with Gasteiger partial charge in [-0.2, -0.15) is 0 Å². The van der Waals surface area contributed by atoms with Gasteiger partial charge in [0.25, 0.3) is 0 Å². The van der Waals surface area contributed by atoms with Crippen LogP contribution < -0.4 is 21.1 Å². The average molecular weight is 535 g/mol. The van der Waals surface area contributed by atoms with Crippen LogP contribution >= 0.6 is 11.3 Å². The summed E-state index contributed by atoms with van der Waals surface area (Å²) in [6.45, 7) is 1.22. The van der Waals surface area contributed by atoms with E-state index in [2.05, 4.69) is 15.4 Å². The molecule has 0 spiro atoms. The van der Waals surface area contributed by atoms with Gasteiger partial charge in [-0.25, -0.2) is 18.1 Å². The molecule has 190 valence electrons. The van der Waals surface area contributed by atoms with Crippen molar-refractivity contribution >= 4 is 49.0 Å². The van der Waals surface area contributed by atoms with Crippen LogP contribution in [0.4, 0.5) is 5.69 Å². The van der Waals surface area contributed by atoms with Crippen molar-refractivity contribution in [3.05, 3.63) is 88.9 Å². The van der Waals surface area contributed by atoms with Crippen molar-refractivity contribution in [1.29, 1.82) is 5.41 Å². The van der Waals surface area contributed by atoms with Gasteiger partial charge in [-0.3, -0.25) is 10.2 Å². The second-order valence-corrected chi connectivity index (χ2v) is 11.7. The molecular weight excluding hydrogens is 508 g/mol. The summed E-state index contributed by atoms with van der Waals surface area (Å²) in [6.07, 6.45) is 0.311. The Balaban J connectivity index is 1.45. The molecule has 9 nitrogen and oxygen atoms in total. The Labute approximate surface area is 218 Å².